The van der Waals surface area contributed by atoms with Crippen LogP contribution in [0.5, 0.6) is 23.0 Å². The molecule has 2 rings (SSSR count). The molecular weight excluding hydrogens is 540 g/mol. The van der Waals surface area contributed by atoms with Crippen LogP contribution < -0.4 is 18.9 Å². The summed E-state index contributed by atoms with van der Waals surface area (Å²) in [5.41, 5.74) is 0.311. The fourth-order valence-corrected chi connectivity index (χ4v) is 3.21. The lowest BCUT2D eigenvalue weighted by molar-refractivity contribution is -0.141. The van der Waals surface area contributed by atoms with E-state index in [0.717, 1.165) is 7.11 Å². The molecule has 0 N–H and O–H groups in total. The monoisotopic (exact) mass is 570 g/mol. The van der Waals surface area contributed by atoms with Gasteiger partial charge in [0.1, 0.15) is 28.9 Å². The van der Waals surface area contributed by atoms with Gasteiger partial charge in [0, 0.05) is 34.4 Å². The molecule has 12 nitrogen and oxygen atoms in total. The van der Waals surface area contributed by atoms with Crippen molar-refractivity contribution in [3.63, 3.8) is 0 Å². The van der Waals surface area contributed by atoms with Gasteiger partial charge in [-0.2, -0.15) is 0 Å². The molecule has 0 atom stereocenters. The van der Waals surface area contributed by atoms with Crippen LogP contribution >= 0.6 is 0 Å². The molecule has 41 heavy (non-hydrogen) atoms. The van der Waals surface area contributed by atoms with Crippen LogP contribution in [0.4, 0.5) is 9.59 Å². The van der Waals surface area contributed by atoms with Crippen LogP contribution in [0.25, 0.3) is 0 Å². The van der Waals surface area contributed by atoms with Crippen molar-refractivity contribution >= 4 is 30.2 Å². The van der Waals surface area contributed by atoms with Crippen molar-refractivity contribution in [3.8, 4) is 23.0 Å². The van der Waals surface area contributed by atoms with E-state index < -0.39 is 36.1 Å². The second kappa shape index (κ2) is 14.9. The fourth-order valence-electron chi connectivity index (χ4n) is 3.21. The van der Waals surface area contributed by atoms with Gasteiger partial charge in [0.2, 0.25) is 0 Å². The molecule has 0 saturated heterocycles. The van der Waals surface area contributed by atoms with Crippen molar-refractivity contribution < 1.29 is 57.1 Å². The summed E-state index contributed by atoms with van der Waals surface area (Å²) >= 11 is 0. The van der Waals surface area contributed by atoms with Crippen molar-refractivity contribution in [1.82, 2.24) is 0 Å². The molecule has 0 radical (unpaired) electrons. The first-order chi connectivity index (χ1) is 19.4. The molecule has 2 aromatic carbocycles. The number of ether oxygens (including phenoxy) is 7. The van der Waals surface area contributed by atoms with Crippen molar-refractivity contribution in [3.05, 3.63) is 71.8 Å². The summed E-state index contributed by atoms with van der Waals surface area (Å²) in [6, 6.07) is 7.77. The Balaban J connectivity index is 2.75. The molecule has 218 valence electrons. The van der Waals surface area contributed by atoms with Gasteiger partial charge in [-0.1, -0.05) is 25.3 Å². The summed E-state index contributed by atoms with van der Waals surface area (Å²) in [5.74, 6) is -4.25. The largest absolute Gasteiger partial charge is 0.513 e. The normalized spacial score (nSPS) is 10.2. The third-order valence-corrected chi connectivity index (χ3v) is 5.06. The lowest BCUT2D eigenvalue weighted by atomic mass is 9.89. The molecule has 0 aliphatic carbocycles. The number of carbonyl (C=O) groups is 5. The van der Waals surface area contributed by atoms with Crippen LogP contribution in [0, 0.1) is 0 Å². The number of hydrogen-bond donors (Lipinski definition) is 0. The number of methoxy groups -OCH3 is 1. The maximum absolute atomic E-state index is 13.2. The van der Waals surface area contributed by atoms with Crippen LogP contribution in [-0.2, 0) is 28.6 Å². The molecule has 0 amide bonds. The zero-order valence-corrected chi connectivity index (χ0v) is 23.3. The SMILES string of the molecule is C=C(C)C(=O)Oc1ccc(C(C(=O)OC)c2ccc(OC(=O)C(=C)C)cc2OC(=O)OCC)c(OC(=O)OCC)c1. The highest BCUT2D eigenvalue weighted by atomic mass is 16.7. The van der Waals surface area contributed by atoms with E-state index in [1.807, 2.05) is 0 Å². The Labute approximate surface area is 236 Å². The standard InChI is InChI=1S/C29H30O12/c1-8-36-28(33)40-22-14-18(38-25(30)16(3)4)10-12-20(22)24(27(32)35-7)21-13-11-19(39-26(31)17(5)6)15-23(21)41-29(34)37-9-2/h10-15,24H,3,5,8-9H2,1-2,4,6-7H3. The van der Waals surface area contributed by atoms with Gasteiger partial charge in [-0.05, 0) is 39.8 Å². The quantitative estimate of drug-likeness (QED) is 0.117. The van der Waals surface area contributed by atoms with Crippen molar-refractivity contribution in [2.75, 3.05) is 20.3 Å². The molecule has 0 aliphatic rings. The van der Waals surface area contributed by atoms with Crippen LogP contribution in [0.15, 0.2) is 60.7 Å². The smallest absolute Gasteiger partial charge is 0.468 e. The molecule has 0 heterocycles. The number of rotatable bonds is 11. The summed E-state index contributed by atoms with van der Waals surface area (Å²) in [5, 5.41) is 0. The summed E-state index contributed by atoms with van der Waals surface area (Å²) in [7, 11) is 1.12. The Kier molecular flexibility index (Phi) is 11.6. The summed E-state index contributed by atoms with van der Waals surface area (Å²) in [4.78, 5) is 61.8. The van der Waals surface area contributed by atoms with E-state index in [9.17, 15) is 24.0 Å². The van der Waals surface area contributed by atoms with Crippen LogP contribution in [-0.4, -0.2) is 50.5 Å². The zero-order chi connectivity index (χ0) is 30.7. The second-order valence-electron chi connectivity index (χ2n) is 8.27. The third-order valence-electron chi connectivity index (χ3n) is 5.06. The maximum Gasteiger partial charge on any atom is 0.513 e. The lowest BCUT2D eigenvalue weighted by Gasteiger charge is -2.21. The van der Waals surface area contributed by atoms with Gasteiger partial charge >= 0.3 is 30.2 Å². The van der Waals surface area contributed by atoms with Crippen LogP contribution in [0.2, 0.25) is 0 Å². The molecule has 0 spiro atoms. The van der Waals surface area contributed by atoms with E-state index in [2.05, 4.69) is 13.2 Å². The Morgan fingerprint density at radius 3 is 1.39 bits per heavy atom. The van der Waals surface area contributed by atoms with Crippen molar-refractivity contribution in [1.29, 1.82) is 0 Å². The number of carbonyl (C=O) groups excluding carboxylic acids is 5. The minimum Gasteiger partial charge on any atom is -0.468 e. The molecule has 0 bridgehead atoms. The molecule has 12 heteroatoms. The first-order valence-electron chi connectivity index (χ1n) is 12.2. The molecule has 0 fully saturated rings. The third kappa shape index (κ3) is 8.95. The van der Waals surface area contributed by atoms with E-state index in [1.165, 1.54) is 50.2 Å². The Morgan fingerprint density at radius 1 is 0.683 bits per heavy atom. The fraction of sp³-hybridized carbons (Fsp3) is 0.276. The first kappa shape index (κ1) is 32.1. The lowest BCUT2D eigenvalue weighted by Crippen LogP contribution is -2.21. The second-order valence-corrected chi connectivity index (χ2v) is 8.27. The average Bonchev–Trinajstić information content (AvgIpc) is 2.90. The Hall–Kier alpha value is -5.13. The molecule has 2 aromatic rings. The van der Waals surface area contributed by atoms with Crippen molar-refractivity contribution in [2.45, 2.75) is 33.6 Å². The Bertz CT molecular complexity index is 1260. The summed E-state index contributed by atoms with van der Waals surface area (Å²) < 4.78 is 35.9. The highest BCUT2D eigenvalue weighted by molar-refractivity contribution is 5.90. The van der Waals surface area contributed by atoms with E-state index in [0.29, 0.717) is 0 Å². The van der Waals surface area contributed by atoms with Gasteiger partial charge in [0.15, 0.2) is 0 Å². The van der Waals surface area contributed by atoms with Gasteiger partial charge in [0.05, 0.1) is 20.3 Å². The number of esters is 3. The van der Waals surface area contributed by atoms with Crippen molar-refractivity contribution in [2.24, 2.45) is 0 Å². The molecular formula is C29H30O12. The van der Waals surface area contributed by atoms with Gasteiger partial charge in [-0.25, -0.2) is 19.2 Å². The predicted molar refractivity (Wildman–Crippen MR) is 143 cm³/mol. The first-order valence-corrected chi connectivity index (χ1v) is 12.2. The summed E-state index contributed by atoms with van der Waals surface area (Å²) in [6.07, 6.45) is -2.21. The van der Waals surface area contributed by atoms with Gasteiger partial charge in [-0.15, -0.1) is 0 Å². The zero-order valence-electron chi connectivity index (χ0n) is 23.3. The highest BCUT2D eigenvalue weighted by Crippen LogP contribution is 2.41. The van der Waals surface area contributed by atoms with Gasteiger partial charge < -0.3 is 33.2 Å². The number of hydrogen-bond acceptors (Lipinski definition) is 12. The maximum atomic E-state index is 13.2. The molecule has 0 unspecified atom stereocenters. The van der Waals surface area contributed by atoms with Gasteiger partial charge in [-0.3, -0.25) is 4.79 Å². The average molecular weight is 571 g/mol. The van der Waals surface area contributed by atoms with E-state index in [-0.39, 0.29) is 58.5 Å². The predicted octanol–water partition coefficient (Wildman–Crippen LogP) is 5.03. The topological polar surface area (TPSA) is 150 Å². The van der Waals surface area contributed by atoms with E-state index in [4.69, 9.17) is 33.2 Å². The summed E-state index contributed by atoms with van der Waals surface area (Å²) in [6.45, 7) is 13.0. The molecule has 0 aliphatic heterocycles. The van der Waals surface area contributed by atoms with E-state index in [1.54, 1.807) is 13.8 Å². The number of benzene rings is 2. The Morgan fingerprint density at radius 2 is 1.07 bits per heavy atom. The van der Waals surface area contributed by atoms with Crippen LogP contribution in [0.3, 0.4) is 0 Å². The minimum absolute atomic E-state index is 0.0131. The molecule has 0 aromatic heterocycles. The van der Waals surface area contributed by atoms with Gasteiger partial charge in [0.25, 0.3) is 0 Å². The van der Waals surface area contributed by atoms with Crippen LogP contribution in [0.1, 0.15) is 44.7 Å². The highest BCUT2D eigenvalue weighted by Gasteiger charge is 2.32. The molecule has 0 saturated carbocycles. The minimum atomic E-state index is -1.38. The van der Waals surface area contributed by atoms with E-state index >= 15 is 0 Å².